The molecule has 96 valence electrons. The quantitative estimate of drug-likeness (QED) is 0.841. The Hall–Kier alpha value is -0.860. The third kappa shape index (κ3) is 3.30. The number of aliphatic hydroxyl groups excluding tert-OH is 1. The van der Waals surface area contributed by atoms with Crippen molar-refractivity contribution in [1.82, 2.24) is 5.32 Å². The summed E-state index contributed by atoms with van der Waals surface area (Å²) in [4.78, 5) is 0. The Kier molecular flexibility index (Phi) is 4.34. The Morgan fingerprint density at radius 1 is 1.06 bits per heavy atom. The molecule has 0 aromatic heterocycles. The standard InChI is InChI=1S/C15H25NO/c1-10-7-11(2)13(4)14(12(10)3)8-16-15(5,6)9-17/h7,16-17H,8-9H2,1-6H3. The molecular formula is C15H25NO. The van der Waals surface area contributed by atoms with Crippen LogP contribution in [-0.4, -0.2) is 17.3 Å². The second kappa shape index (κ2) is 5.19. The molecule has 0 spiro atoms. The van der Waals surface area contributed by atoms with E-state index in [2.05, 4.69) is 39.1 Å². The smallest absolute Gasteiger partial charge is 0.0607 e. The predicted molar refractivity (Wildman–Crippen MR) is 73.4 cm³/mol. The van der Waals surface area contributed by atoms with Crippen molar-refractivity contribution in [2.75, 3.05) is 6.61 Å². The van der Waals surface area contributed by atoms with Crippen LogP contribution in [0.2, 0.25) is 0 Å². The van der Waals surface area contributed by atoms with E-state index in [0.29, 0.717) is 0 Å². The fraction of sp³-hybridized carbons (Fsp3) is 0.600. The summed E-state index contributed by atoms with van der Waals surface area (Å²) in [5.41, 5.74) is 6.53. The number of rotatable bonds is 4. The first-order valence-electron chi connectivity index (χ1n) is 6.20. The highest BCUT2D eigenvalue weighted by Gasteiger charge is 2.16. The van der Waals surface area contributed by atoms with Gasteiger partial charge in [-0.05, 0) is 69.4 Å². The molecule has 0 radical (unpaired) electrons. The van der Waals surface area contributed by atoms with Crippen LogP contribution in [0.25, 0.3) is 0 Å². The normalized spacial score (nSPS) is 11.9. The van der Waals surface area contributed by atoms with Crippen molar-refractivity contribution < 1.29 is 5.11 Å². The average molecular weight is 235 g/mol. The fourth-order valence-electron chi connectivity index (χ4n) is 1.95. The van der Waals surface area contributed by atoms with E-state index >= 15 is 0 Å². The minimum absolute atomic E-state index is 0.149. The summed E-state index contributed by atoms with van der Waals surface area (Å²) in [5, 5.41) is 12.7. The predicted octanol–water partition coefficient (Wildman–Crippen LogP) is 2.78. The lowest BCUT2D eigenvalue weighted by Crippen LogP contribution is -2.42. The molecular weight excluding hydrogens is 210 g/mol. The first kappa shape index (κ1) is 14.2. The number of aryl methyl sites for hydroxylation is 2. The van der Waals surface area contributed by atoms with Gasteiger partial charge in [-0.1, -0.05) is 6.07 Å². The first-order valence-corrected chi connectivity index (χ1v) is 6.20. The van der Waals surface area contributed by atoms with Gasteiger partial charge in [-0.2, -0.15) is 0 Å². The molecule has 0 aliphatic carbocycles. The van der Waals surface area contributed by atoms with Crippen LogP contribution in [0, 0.1) is 27.7 Å². The van der Waals surface area contributed by atoms with Gasteiger partial charge in [0.05, 0.1) is 6.61 Å². The molecule has 2 heteroatoms. The molecule has 0 atom stereocenters. The van der Waals surface area contributed by atoms with Gasteiger partial charge in [0.15, 0.2) is 0 Å². The first-order chi connectivity index (χ1) is 7.78. The van der Waals surface area contributed by atoms with Gasteiger partial charge in [0.1, 0.15) is 0 Å². The minimum atomic E-state index is -0.226. The number of aliphatic hydroxyl groups is 1. The fourth-order valence-corrected chi connectivity index (χ4v) is 1.95. The summed E-state index contributed by atoms with van der Waals surface area (Å²) in [7, 11) is 0. The van der Waals surface area contributed by atoms with Gasteiger partial charge in [0.25, 0.3) is 0 Å². The molecule has 0 amide bonds. The monoisotopic (exact) mass is 235 g/mol. The second-order valence-corrected chi connectivity index (χ2v) is 5.63. The second-order valence-electron chi connectivity index (χ2n) is 5.63. The van der Waals surface area contributed by atoms with Crippen molar-refractivity contribution in [2.24, 2.45) is 0 Å². The Balaban J connectivity index is 2.99. The van der Waals surface area contributed by atoms with Gasteiger partial charge in [-0.3, -0.25) is 0 Å². The zero-order valence-electron chi connectivity index (χ0n) is 11.9. The summed E-state index contributed by atoms with van der Waals surface area (Å²) in [5.74, 6) is 0. The lowest BCUT2D eigenvalue weighted by molar-refractivity contribution is 0.187. The summed E-state index contributed by atoms with van der Waals surface area (Å²) in [6.07, 6.45) is 0. The lowest BCUT2D eigenvalue weighted by atomic mass is 9.93. The maximum atomic E-state index is 9.26. The van der Waals surface area contributed by atoms with E-state index in [1.807, 2.05) is 13.8 Å². The van der Waals surface area contributed by atoms with Gasteiger partial charge < -0.3 is 10.4 Å². The molecule has 1 aromatic carbocycles. The van der Waals surface area contributed by atoms with Crippen molar-refractivity contribution in [3.05, 3.63) is 33.9 Å². The molecule has 0 heterocycles. The van der Waals surface area contributed by atoms with Crippen LogP contribution < -0.4 is 5.32 Å². The summed E-state index contributed by atoms with van der Waals surface area (Å²) in [6.45, 7) is 13.6. The molecule has 0 saturated carbocycles. The Labute approximate surface area is 105 Å². The van der Waals surface area contributed by atoms with Gasteiger partial charge in [-0.15, -0.1) is 0 Å². The molecule has 2 N–H and O–H groups in total. The number of nitrogens with one attached hydrogen (secondary N) is 1. The summed E-state index contributed by atoms with van der Waals surface area (Å²) < 4.78 is 0. The lowest BCUT2D eigenvalue weighted by Gasteiger charge is -2.25. The summed E-state index contributed by atoms with van der Waals surface area (Å²) in [6, 6.07) is 2.24. The van der Waals surface area contributed by atoms with Crippen molar-refractivity contribution in [2.45, 2.75) is 53.6 Å². The Morgan fingerprint density at radius 3 is 1.94 bits per heavy atom. The third-order valence-electron chi connectivity index (χ3n) is 3.66. The topological polar surface area (TPSA) is 32.3 Å². The molecule has 0 unspecified atom stereocenters. The van der Waals surface area contributed by atoms with Crippen molar-refractivity contribution in [1.29, 1.82) is 0 Å². The molecule has 1 rings (SSSR count). The third-order valence-corrected chi connectivity index (χ3v) is 3.66. The van der Waals surface area contributed by atoms with Gasteiger partial charge in [0.2, 0.25) is 0 Å². The van der Waals surface area contributed by atoms with Crippen molar-refractivity contribution in [3.8, 4) is 0 Å². The van der Waals surface area contributed by atoms with Crippen LogP contribution in [0.3, 0.4) is 0 Å². The highest BCUT2D eigenvalue weighted by atomic mass is 16.3. The number of hydrogen-bond acceptors (Lipinski definition) is 2. The molecule has 0 saturated heterocycles. The molecule has 0 bridgehead atoms. The molecule has 2 nitrogen and oxygen atoms in total. The maximum absolute atomic E-state index is 9.26. The number of benzene rings is 1. The minimum Gasteiger partial charge on any atom is -0.394 e. The molecule has 0 fully saturated rings. The molecule has 17 heavy (non-hydrogen) atoms. The van der Waals surface area contributed by atoms with Crippen LogP contribution in [0.4, 0.5) is 0 Å². The number of hydrogen-bond donors (Lipinski definition) is 2. The van der Waals surface area contributed by atoms with Crippen molar-refractivity contribution >= 4 is 0 Å². The van der Waals surface area contributed by atoms with E-state index in [0.717, 1.165) is 6.54 Å². The van der Waals surface area contributed by atoms with E-state index in [4.69, 9.17) is 0 Å². The zero-order chi connectivity index (χ0) is 13.2. The Bertz CT molecular complexity index is 382. The highest BCUT2D eigenvalue weighted by molar-refractivity contribution is 5.43. The van der Waals surface area contributed by atoms with Gasteiger partial charge >= 0.3 is 0 Å². The SMILES string of the molecule is Cc1cc(C)c(C)c(CNC(C)(C)CO)c1C. The van der Waals surface area contributed by atoms with Crippen LogP contribution >= 0.6 is 0 Å². The van der Waals surface area contributed by atoms with Gasteiger partial charge in [0, 0.05) is 12.1 Å². The molecule has 0 aliphatic rings. The summed E-state index contributed by atoms with van der Waals surface area (Å²) >= 11 is 0. The van der Waals surface area contributed by atoms with E-state index in [1.165, 1.54) is 27.8 Å². The maximum Gasteiger partial charge on any atom is 0.0607 e. The van der Waals surface area contributed by atoms with Gasteiger partial charge in [-0.25, -0.2) is 0 Å². The van der Waals surface area contributed by atoms with E-state index in [1.54, 1.807) is 0 Å². The van der Waals surface area contributed by atoms with Crippen LogP contribution in [-0.2, 0) is 6.54 Å². The van der Waals surface area contributed by atoms with Crippen LogP contribution in [0.1, 0.15) is 41.7 Å². The van der Waals surface area contributed by atoms with E-state index in [9.17, 15) is 5.11 Å². The van der Waals surface area contributed by atoms with E-state index < -0.39 is 0 Å². The average Bonchev–Trinajstić information content (AvgIpc) is 2.26. The molecule has 1 aromatic rings. The Morgan fingerprint density at radius 2 is 1.53 bits per heavy atom. The highest BCUT2D eigenvalue weighted by Crippen LogP contribution is 2.22. The zero-order valence-corrected chi connectivity index (χ0v) is 11.9. The molecule has 0 aliphatic heterocycles. The van der Waals surface area contributed by atoms with Crippen molar-refractivity contribution in [3.63, 3.8) is 0 Å². The van der Waals surface area contributed by atoms with Crippen LogP contribution in [0.15, 0.2) is 6.07 Å². The largest absolute Gasteiger partial charge is 0.394 e. The van der Waals surface area contributed by atoms with E-state index in [-0.39, 0.29) is 12.1 Å². The van der Waals surface area contributed by atoms with Crippen LogP contribution in [0.5, 0.6) is 0 Å².